The fourth-order valence-electron chi connectivity index (χ4n) is 4.86. The van der Waals surface area contributed by atoms with Crippen LogP contribution in [0.5, 0.6) is 0 Å². The zero-order valence-electron chi connectivity index (χ0n) is 24.0. The van der Waals surface area contributed by atoms with Crippen molar-refractivity contribution in [2.45, 2.75) is 58.4 Å². The molecular formula is C32H37F3N4O3. The van der Waals surface area contributed by atoms with E-state index < -0.39 is 11.7 Å². The van der Waals surface area contributed by atoms with E-state index in [2.05, 4.69) is 29.0 Å². The van der Waals surface area contributed by atoms with Crippen molar-refractivity contribution in [3.05, 3.63) is 95.3 Å². The maximum Gasteiger partial charge on any atom is 0.416 e. The van der Waals surface area contributed by atoms with E-state index in [1.165, 1.54) is 18.2 Å². The van der Waals surface area contributed by atoms with Crippen LogP contribution < -0.4 is 5.32 Å². The Hall–Kier alpha value is -4.18. The molecule has 1 aliphatic rings. The summed E-state index contributed by atoms with van der Waals surface area (Å²) >= 11 is 0. The SMILES string of the molecule is Cc1cnccc1Nc1cccc(CN(C(=O)/C=C/c2ccc(C(F)(F)F)cc2)C2CCN(C(C)C)CC2)c1.O=CO. The number of pyridine rings is 1. The molecule has 1 amide bonds. The van der Waals surface area contributed by atoms with E-state index in [1.54, 1.807) is 18.5 Å². The smallest absolute Gasteiger partial charge is 0.416 e. The Balaban J connectivity index is 0.00000155. The number of nitrogens with one attached hydrogen (secondary N) is 1. The highest BCUT2D eigenvalue weighted by molar-refractivity contribution is 5.92. The fraction of sp³-hybridized carbons (Fsp3) is 0.344. The van der Waals surface area contributed by atoms with Gasteiger partial charge in [0.1, 0.15) is 0 Å². The first kappa shape index (κ1) is 32.3. The number of aromatic nitrogens is 1. The third-order valence-corrected chi connectivity index (χ3v) is 7.19. The van der Waals surface area contributed by atoms with Gasteiger partial charge in [-0.3, -0.25) is 14.6 Å². The first-order chi connectivity index (χ1) is 20.0. The summed E-state index contributed by atoms with van der Waals surface area (Å²) in [5.41, 5.74) is 3.75. The molecule has 0 spiro atoms. The quantitative estimate of drug-likeness (QED) is 0.225. The Bertz CT molecular complexity index is 1340. The van der Waals surface area contributed by atoms with Gasteiger partial charge in [0, 0.05) is 61.6 Å². The number of amides is 1. The molecule has 0 radical (unpaired) electrons. The van der Waals surface area contributed by atoms with Crippen molar-refractivity contribution in [1.82, 2.24) is 14.8 Å². The third-order valence-electron chi connectivity index (χ3n) is 7.19. The summed E-state index contributed by atoms with van der Waals surface area (Å²) in [4.78, 5) is 30.3. The van der Waals surface area contributed by atoms with Crippen LogP contribution in [0.4, 0.5) is 24.5 Å². The lowest BCUT2D eigenvalue weighted by Gasteiger charge is -2.39. The Morgan fingerprint density at radius 2 is 1.81 bits per heavy atom. The lowest BCUT2D eigenvalue weighted by molar-refractivity contribution is -0.137. The zero-order chi connectivity index (χ0) is 30.7. The van der Waals surface area contributed by atoms with E-state index in [1.807, 2.05) is 42.2 Å². The maximum absolute atomic E-state index is 13.5. The standard InChI is InChI=1S/C31H35F3N4O.CH2O2/c1-22(2)37-17-14-28(15-18-37)38(30(39)12-9-24-7-10-26(11-8-24)31(32,33)34)21-25-5-4-6-27(19-25)36-29-13-16-35-20-23(29)3;2-1-3/h4-13,16,19-20,22,28H,14-15,17-18,21H2,1-3H3,(H,35,36);1H,(H,2,3)/b12-9+;. The number of anilines is 2. The van der Waals surface area contributed by atoms with Gasteiger partial charge < -0.3 is 20.2 Å². The Labute approximate surface area is 244 Å². The summed E-state index contributed by atoms with van der Waals surface area (Å²) in [7, 11) is 0. The van der Waals surface area contributed by atoms with Crippen molar-refractivity contribution in [1.29, 1.82) is 0 Å². The minimum atomic E-state index is -4.39. The van der Waals surface area contributed by atoms with E-state index >= 15 is 0 Å². The van der Waals surface area contributed by atoms with Crippen LogP contribution in [0.25, 0.3) is 6.08 Å². The van der Waals surface area contributed by atoms with Gasteiger partial charge in [0.25, 0.3) is 6.47 Å². The molecule has 0 bridgehead atoms. The van der Waals surface area contributed by atoms with E-state index in [0.717, 1.165) is 60.6 Å². The van der Waals surface area contributed by atoms with Crippen molar-refractivity contribution in [2.24, 2.45) is 0 Å². The van der Waals surface area contributed by atoms with Gasteiger partial charge in [-0.1, -0.05) is 24.3 Å². The number of likely N-dealkylation sites (tertiary alicyclic amines) is 1. The van der Waals surface area contributed by atoms with Crippen LogP contribution in [0.15, 0.2) is 73.1 Å². The minimum Gasteiger partial charge on any atom is -0.483 e. The summed E-state index contributed by atoms with van der Waals surface area (Å²) in [6, 6.07) is 15.3. The van der Waals surface area contributed by atoms with Gasteiger partial charge >= 0.3 is 6.18 Å². The van der Waals surface area contributed by atoms with Gasteiger partial charge in [-0.25, -0.2) is 0 Å². The molecule has 7 nitrogen and oxygen atoms in total. The monoisotopic (exact) mass is 582 g/mol. The largest absolute Gasteiger partial charge is 0.483 e. The van der Waals surface area contributed by atoms with Gasteiger partial charge in [-0.05, 0) is 86.7 Å². The van der Waals surface area contributed by atoms with E-state index in [9.17, 15) is 18.0 Å². The van der Waals surface area contributed by atoms with Gasteiger partial charge in [-0.15, -0.1) is 0 Å². The molecule has 2 aromatic carbocycles. The highest BCUT2D eigenvalue weighted by Gasteiger charge is 2.30. The number of nitrogens with zero attached hydrogens (tertiary/aromatic N) is 3. The van der Waals surface area contributed by atoms with Crippen LogP contribution in [0, 0.1) is 6.92 Å². The van der Waals surface area contributed by atoms with Gasteiger partial charge in [0.2, 0.25) is 5.91 Å². The number of hydrogen-bond acceptors (Lipinski definition) is 5. The molecule has 1 aliphatic heterocycles. The number of carbonyl (C=O) groups is 2. The number of alkyl halides is 3. The lowest BCUT2D eigenvalue weighted by Crippen LogP contribution is -2.48. The summed E-state index contributed by atoms with van der Waals surface area (Å²) in [6.45, 7) is 8.37. The van der Waals surface area contributed by atoms with Gasteiger partial charge in [0.15, 0.2) is 0 Å². The lowest BCUT2D eigenvalue weighted by atomic mass is 10.0. The number of piperidine rings is 1. The number of carboxylic acid groups (broad SMARTS) is 1. The van der Waals surface area contributed by atoms with Crippen LogP contribution in [-0.2, 0) is 22.3 Å². The van der Waals surface area contributed by atoms with Crippen molar-refractivity contribution < 1.29 is 27.9 Å². The van der Waals surface area contributed by atoms with Crippen LogP contribution in [0.1, 0.15) is 48.9 Å². The second-order valence-corrected chi connectivity index (χ2v) is 10.4. The molecule has 1 aromatic heterocycles. The Morgan fingerprint density at radius 3 is 2.40 bits per heavy atom. The van der Waals surface area contributed by atoms with Crippen LogP contribution >= 0.6 is 0 Å². The highest BCUT2D eigenvalue weighted by atomic mass is 19.4. The van der Waals surface area contributed by atoms with Gasteiger partial charge in [-0.2, -0.15) is 13.2 Å². The summed E-state index contributed by atoms with van der Waals surface area (Å²) in [5, 5.41) is 10.3. The number of hydrogen-bond donors (Lipinski definition) is 2. The topological polar surface area (TPSA) is 85.8 Å². The molecule has 42 heavy (non-hydrogen) atoms. The normalized spacial score (nSPS) is 14.4. The van der Waals surface area contributed by atoms with Crippen LogP contribution in [0.2, 0.25) is 0 Å². The average molecular weight is 583 g/mol. The van der Waals surface area contributed by atoms with Crippen LogP contribution in [0.3, 0.4) is 0 Å². The molecule has 3 aromatic rings. The molecule has 0 saturated carbocycles. The highest BCUT2D eigenvalue weighted by Crippen LogP contribution is 2.29. The molecule has 1 fully saturated rings. The number of halogens is 3. The van der Waals surface area contributed by atoms with Crippen molar-refractivity contribution in [3.8, 4) is 0 Å². The van der Waals surface area contributed by atoms with E-state index in [-0.39, 0.29) is 18.4 Å². The molecule has 4 rings (SSSR count). The average Bonchev–Trinajstić information content (AvgIpc) is 2.96. The second-order valence-electron chi connectivity index (χ2n) is 10.4. The number of aryl methyl sites for hydroxylation is 1. The van der Waals surface area contributed by atoms with E-state index in [0.29, 0.717) is 18.2 Å². The Morgan fingerprint density at radius 1 is 1.14 bits per heavy atom. The molecule has 1 saturated heterocycles. The molecule has 0 aliphatic carbocycles. The molecule has 0 atom stereocenters. The number of benzene rings is 2. The second kappa shape index (κ2) is 15.2. The molecule has 0 unspecified atom stereocenters. The fourth-order valence-corrected chi connectivity index (χ4v) is 4.86. The number of carbonyl (C=O) groups excluding carboxylic acids is 1. The third kappa shape index (κ3) is 9.44. The predicted octanol–water partition coefficient (Wildman–Crippen LogP) is 6.77. The molecule has 2 N–H and O–H groups in total. The van der Waals surface area contributed by atoms with Crippen LogP contribution in [-0.4, -0.2) is 57.4 Å². The summed E-state index contributed by atoms with van der Waals surface area (Å²) in [6.07, 6.45) is 3.95. The zero-order valence-corrected chi connectivity index (χ0v) is 24.0. The molecule has 2 heterocycles. The minimum absolute atomic E-state index is 0.0730. The maximum atomic E-state index is 13.5. The summed E-state index contributed by atoms with van der Waals surface area (Å²) < 4.78 is 38.7. The molecule has 10 heteroatoms. The molecular weight excluding hydrogens is 545 g/mol. The van der Waals surface area contributed by atoms with Crippen molar-refractivity contribution in [3.63, 3.8) is 0 Å². The van der Waals surface area contributed by atoms with Crippen molar-refractivity contribution >= 4 is 29.8 Å². The molecule has 224 valence electrons. The number of rotatable bonds is 8. The summed E-state index contributed by atoms with van der Waals surface area (Å²) in [5.74, 6) is -0.152. The van der Waals surface area contributed by atoms with Gasteiger partial charge in [0.05, 0.1) is 5.56 Å². The Kier molecular flexibility index (Phi) is 11.7. The first-order valence-corrected chi connectivity index (χ1v) is 13.8. The first-order valence-electron chi connectivity index (χ1n) is 13.8. The predicted molar refractivity (Wildman–Crippen MR) is 158 cm³/mol. The van der Waals surface area contributed by atoms with Crippen molar-refractivity contribution in [2.75, 3.05) is 18.4 Å². The van der Waals surface area contributed by atoms with E-state index in [4.69, 9.17) is 9.90 Å².